The number of esters is 1. The highest BCUT2D eigenvalue weighted by molar-refractivity contribution is 7.13. The van der Waals surface area contributed by atoms with Crippen molar-refractivity contribution in [1.29, 1.82) is 0 Å². The molecule has 27 heavy (non-hydrogen) atoms. The largest absolute Gasteiger partial charge is 0.448 e. The zero-order valence-electron chi connectivity index (χ0n) is 14.7. The summed E-state index contributed by atoms with van der Waals surface area (Å²) >= 11 is 1.32. The Kier molecular flexibility index (Phi) is 5.61. The fraction of sp³-hybridized carbons (Fsp3) is 0.150. The van der Waals surface area contributed by atoms with Crippen molar-refractivity contribution in [3.8, 4) is 10.6 Å². The van der Waals surface area contributed by atoms with E-state index in [9.17, 15) is 14.0 Å². The van der Waals surface area contributed by atoms with E-state index in [0.717, 1.165) is 11.1 Å². The summed E-state index contributed by atoms with van der Waals surface area (Å²) in [6.45, 7) is 3.43. The van der Waals surface area contributed by atoms with Crippen molar-refractivity contribution in [2.24, 2.45) is 0 Å². The molecular weight excluding hydrogens is 367 g/mol. The van der Waals surface area contributed by atoms with E-state index in [-0.39, 0.29) is 5.69 Å². The Bertz CT molecular complexity index is 969. The summed E-state index contributed by atoms with van der Waals surface area (Å²) in [6, 6.07) is 13.3. The minimum atomic E-state index is -1.05. The first-order valence-corrected chi connectivity index (χ1v) is 9.10. The van der Waals surface area contributed by atoms with Crippen LogP contribution in [0, 0.1) is 12.7 Å². The Morgan fingerprint density at radius 3 is 2.63 bits per heavy atom. The van der Waals surface area contributed by atoms with Gasteiger partial charge in [-0.2, -0.15) is 0 Å². The highest BCUT2D eigenvalue weighted by atomic mass is 32.1. The van der Waals surface area contributed by atoms with E-state index in [1.165, 1.54) is 36.5 Å². The third-order valence-corrected chi connectivity index (χ3v) is 4.65. The first-order chi connectivity index (χ1) is 12.9. The van der Waals surface area contributed by atoms with Gasteiger partial charge in [-0.3, -0.25) is 4.79 Å². The summed E-state index contributed by atoms with van der Waals surface area (Å²) in [7, 11) is 0. The number of carbonyl (C=O) groups is 2. The number of anilines is 1. The second kappa shape index (κ2) is 8.09. The number of rotatable bonds is 5. The van der Waals surface area contributed by atoms with Crippen molar-refractivity contribution in [2.45, 2.75) is 20.0 Å². The molecule has 1 heterocycles. The molecule has 0 radical (unpaired) electrons. The molecule has 5 nitrogen and oxygen atoms in total. The number of aryl methyl sites for hydroxylation is 1. The number of hydrogen-bond acceptors (Lipinski definition) is 5. The van der Waals surface area contributed by atoms with E-state index < -0.39 is 23.8 Å². The molecule has 1 unspecified atom stereocenters. The molecule has 1 aromatic heterocycles. The summed E-state index contributed by atoms with van der Waals surface area (Å²) < 4.78 is 18.3. The second-order valence-electron chi connectivity index (χ2n) is 5.95. The van der Waals surface area contributed by atoms with Gasteiger partial charge in [-0.15, -0.1) is 11.3 Å². The van der Waals surface area contributed by atoms with Gasteiger partial charge in [-0.05, 0) is 32.0 Å². The third kappa shape index (κ3) is 4.77. The lowest BCUT2D eigenvalue weighted by atomic mass is 10.2. The molecule has 0 aliphatic carbocycles. The highest BCUT2D eigenvalue weighted by Gasteiger charge is 2.21. The molecule has 1 N–H and O–H groups in total. The predicted octanol–water partition coefficient (Wildman–Crippen LogP) is 4.44. The van der Waals surface area contributed by atoms with Crippen molar-refractivity contribution in [1.82, 2.24) is 4.98 Å². The number of nitrogens with zero attached hydrogens (tertiary/aromatic N) is 1. The van der Waals surface area contributed by atoms with Crippen molar-refractivity contribution in [3.63, 3.8) is 0 Å². The summed E-state index contributed by atoms with van der Waals surface area (Å²) in [5.41, 5.74) is 2.47. The first-order valence-electron chi connectivity index (χ1n) is 8.22. The van der Waals surface area contributed by atoms with Crippen LogP contribution in [0.15, 0.2) is 53.9 Å². The normalized spacial score (nSPS) is 11.7. The van der Waals surface area contributed by atoms with Crippen LogP contribution in [-0.2, 0) is 9.53 Å². The number of thiazole rings is 1. The van der Waals surface area contributed by atoms with Crippen LogP contribution in [-0.4, -0.2) is 23.0 Å². The fourth-order valence-corrected chi connectivity index (χ4v) is 3.08. The van der Waals surface area contributed by atoms with Crippen LogP contribution < -0.4 is 5.32 Å². The molecule has 0 spiro atoms. The Balaban J connectivity index is 1.62. The molecule has 0 bridgehead atoms. The second-order valence-corrected chi connectivity index (χ2v) is 6.81. The quantitative estimate of drug-likeness (QED) is 0.660. The molecule has 138 valence electrons. The van der Waals surface area contributed by atoms with Crippen molar-refractivity contribution in [2.75, 3.05) is 5.32 Å². The van der Waals surface area contributed by atoms with Gasteiger partial charge in [0, 0.05) is 16.6 Å². The van der Waals surface area contributed by atoms with E-state index in [1.54, 1.807) is 11.4 Å². The molecule has 1 atom stereocenters. The molecule has 7 heteroatoms. The topological polar surface area (TPSA) is 68.3 Å². The van der Waals surface area contributed by atoms with Crippen LogP contribution in [0.5, 0.6) is 0 Å². The van der Waals surface area contributed by atoms with Crippen LogP contribution in [0.3, 0.4) is 0 Å². The summed E-state index contributed by atoms with van der Waals surface area (Å²) in [5, 5.41) is 4.79. The molecule has 0 aliphatic rings. The van der Waals surface area contributed by atoms with E-state index in [0.29, 0.717) is 10.7 Å². The lowest BCUT2D eigenvalue weighted by molar-refractivity contribution is -0.123. The number of aromatic nitrogens is 1. The van der Waals surface area contributed by atoms with E-state index in [1.807, 2.05) is 31.2 Å². The predicted molar refractivity (Wildman–Crippen MR) is 102 cm³/mol. The van der Waals surface area contributed by atoms with Gasteiger partial charge in [-0.25, -0.2) is 14.2 Å². The van der Waals surface area contributed by atoms with Gasteiger partial charge in [0.1, 0.15) is 10.8 Å². The molecule has 0 fully saturated rings. The van der Waals surface area contributed by atoms with Crippen LogP contribution in [0.2, 0.25) is 0 Å². The molecule has 3 aromatic rings. The molecule has 0 saturated heterocycles. The zero-order chi connectivity index (χ0) is 19.4. The minimum Gasteiger partial charge on any atom is -0.448 e. The first kappa shape index (κ1) is 18.7. The average Bonchev–Trinajstić information content (AvgIpc) is 3.12. The maximum absolute atomic E-state index is 13.2. The number of amides is 1. The molecule has 0 saturated carbocycles. The SMILES string of the molecule is Cc1ccc(-c2nc(C(=O)OC(C)C(=O)Nc3cccc(F)c3)cs2)cc1. The Labute approximate surface area is 159 Å². The highest BCUT2D eigenvalue weighted by Crippen LogP contribution is 2.24. The Morgan fingerprint density at radius 1 is 1.19 bits per heavy atom. The lowest BCUT2D eigenvalue weighted by Gasteiger charge is -2.12. The number of hydrogen-bond donors (Lipinski definition) is 1. The maximum Gasteiger partial charge on any atom is 0.358 e. The molecule has 2 aromatic carbocycles. The van der Waals surface area contributed by atoms with Crippen LogP contribution in [0.1, 0.15) is 23.0 Å². The number of nitrogens with one attached hydrogen (secondary N) is 1. The smallest absolute Gasteiger partial charge is 0.358 e. The van der Waals surface area contributed by atoms with E-state index >= 15 is 0 Å². The summed E-state index contributed by atoms with van der Waals surface area (Å²) in [4.78, 5) is 28.6. The molecule has 1 amide bonds. The monoisotopic (exact) mass is 384 g/mol. The van der Waals surface area contributed by atoms with Gasteiger partial charge in [0.2, 0.25) is 0 Å². The number of benzene rings is 2. The van der Waals surface area contributed by atoms with Crippen molar-refractivity contribution < 1.29 is 18.7 Å². The van der Waals surface area contributed by atoms with Gasteiger partial charge < -0.3 is 10.1 Å². The van der Waals surface area contributed by atoms with Gasteiger partial charge in [0.05, 0.1) is 0 Å². The third-order valence-electron chi connectivity index (χ3n) is 3.76. The standard InChI is InChI=1S/C20H17FN2O3S/c1-12-6-8-14(9-7-12)19-23-17(11-27-19)20(25)26-13(2)18(24)22-16-5-3-4-15(21)10-16/h3-11,13H,1-2H3,(H,22,24). The van der Waals surface area contributed by atoms with Crippen LogP contribution in [0.4, 0.5) is 10.1 Å². The molecule has 0 aliphatic heterocycles. The lowest BCUT2D eigenvalue weighted by Crippen LogP contribution is -2.30. The zero-order valence-corrected chi connectivity index (χ0v) is 15.5. The maximum atomic E-state index is 13.2. The Hall–Kier alpha value is -3.06. The molecular formula is C20H17FN2O3S. The van der Waals surface area contributed by atoms with Crippen LogP contribution >= 0.6 is 11.3 Å². The Morgan fingerprint density at radius 2 is 1.93 bits per heavy atom. The minimum absolute atomic E-state index is 0.140. The van der Waals surface area contributed by atoms with Gasteiger partial charge in [0.15, 0.2) is 11.8 Å². The number of carbonyl (C=O) groups excluding carboxylic acids is 2. The van der Waals surface area contributed by atoms with Gasteiger partial charge >= 0.3 is 5.97 Å². The molecule has 3 rings (SSSR count). The summed E-state index contributed by atoms with van der Waals surface area (Å²) in [6.07, 6.45) is -1.05. The van der Waals surface area contributed by atoms with Crippen LogP contribution in [0.25, 0.3) is 10.6 Å². The van der Waals surface area contributed by atoms with Gasteiger partial charge in [-0.1, -0.05) is 35.9 Å². The average molecular weight is 384 g/mol. The van der Waals surface area contributed by atoms with Crippen molar-refractivity contribution in [3.05, 3.63) is 71.0 Å². The van der Waals surface area contributed by atoms with E-state index in [2.05, 4.69) is 10.3 Å². The fourth-order valence-electron chi connectivity index (χ4n) is 2.28. The van der Waals surface area contributed by atoms with Crippen molar-refractivity contribution >= 4 is 28.9 Å². The van der Waals surface area contributed by atoms with Gasteiger partial charge in [0.25, 0.3) is 5.91 Å². The van der Waals surface area contributed by atoms with E-state index in [4.69, 9.17) is 4.74 Å². The number of halogens is 1. The summed E-state index contributed by atoms with van der Waals surface area (Å²) in [5.74, 6) is -1.71. The number of ether oxygens (including phenoxy) is 1.